The first-order chi connectivity index (χ1) is 10.6. The van der Waals surface area contributed by atoms with Crippen LogP contribution in [0.1, 0.15) is 12.6 Å². The molecular weight excluding hydrogens is 283 g/mol. The molecule has 3 rings (SSSR count). The third kappa shape index (κ3) is 2.42. The minimum absolute atomic E-state index is 0.203. The molecule has 0 atom stereocenters. The summed E-state index contributed by atoms with van der Waals surface area (Å²) in [4.78, 5) is 12.2. The highest BCUT2D eigenvalue weighted by atomic mass is 19.1. The SMILES string of the molecule is CCn1c(CCN)cc(=O)n2nc(-c3cccc(F)c3)cc12. The van der Waals surface area contributed by atoms with E-state index >= 15 is 0 Å². The van der Waals surface area contributed by atoms with E-state index in [-0.39, 0.29) is 11.4 Å². The molecule has 5 nitrogen and oxygen atoms in total. The molecule has 1 aromatic carbocycles. The van der Waals surface area contributed by atoms with E-state index in [2.05, 4.69) is 5.10 Å². The topological polar surface area (TPSA) is 65.3 Å². The van der Waals surface area contributed by atoms with E-state index in [0.29, 0.717) is 36.4 Å². The number of rotatable bonds is 4. The molecule has 0 fully saturated rings. The van der Waals surface area contributed by atoms with Gasteiger partial charge in [-0.25, -0.2) is 4.39 Å². The molecule has 3 aromatic rings. The Labute approximate surface area is 126 Å². The monoisotopic (exact) mass is 300 g/mol. The van der Waals surface area contributed by atoms with Gasteiger partial charge in [-0.1, -0.05) is 12.1 Å². The number of nitrogens with two attached hydrogens (primary N) is 1. The van der Waals surface area contributed by atoms with Crippen molar-refractivity contribution in [3.05, 3.63) is 58.3 Å². The minimum atomic E-state index is -0.330. The van der Waals surface area contributed by atoms with E-state index in [9.17, 15) is 9.18 Å². The largest absolute Gasteiger partial charge is 0.330 e. The van der Waals surface area contributed by atoms with Crippen LogP contribution < -0.4 is 11.3 Å². The Balaban J connectivity index is 2.25. The zero-order valence-electron chi connectivity index (χ0n) is 12.3. The summed E-state index contributed by atoms with van der Waals surface area (Å²) in [7, 11) is 0. The predicted molar refractivity (Wildman–Crippen MR) is 83.3 cm³/mol. The summed E-state index contributed by atoms with van der Waals surface area (Å²) in [5.41, 5.74) is 8.20. The van der Waals surface area contributed by atoms with Crippen LogP contribution in [0, 0.1) is 5.82 Å². The highest BCUT2D eigenvalue weighted by Crippen LogP contribution is 2.20. The summed E-state index contributed by atoms with van der Waals surface area (Å²) in [5, 5.41) is 4.32. The molecular formula is C16H17FN4O. The second-order valence-electron chi connectivity index (χ2n) is 5.07. The Morgan fingerprint density at radius 2 is 2.09 bits per heavy atom. The van der Waals surface area contributed by atoms with E-state index in [1.54, 1.807) is 24.3 Å². The van der Waals surface area contributed by atoms with Gasteiger partial charge < -0.3 is 10.3 Å². The molecule has 2 heterocycles. The summed E-state index contributed by atoms with van der Waals surface area (Å²) in [6, 6.07) is 9.55. The standard InChI is InChI=1S/C16H17FN4O/c1-2-20-13(6-7-18)9-16(22)21-15(20)10-14(19-21)11-4-3-5-12(17)8-11/h3-5,8-10H,2,6-7,18H2,1H3. The van der Waals surface area contributed by atoms with Gasteiger partial charge in [-0.05, 0) is 25.6 Å². The van der Waals surface area contributed by atoms with Gasteiger partial charge in [-0.15, -0.1) is 0 Å². The molecule has 0 bridgehead atoms. The second-order valence-corrected chi connectivity index (χ2v) is 5.07. The summed E-state index contributed by atoms with van der Waals surface area (Å²) >= 11 is 0. The summed E-state index contributed by atoms with van der Waals surface area (Å²) in [6.07, 6.45) is 0.625. The number of aryl methyl sites for hydroxylation is 1. The van der Waals surface area contributed by atoms with Crippen molar-refractivity contribution in [2.75, 3.05) is 6.54 Å². The molecule has 0 aliphatic heterocycles. The average Bonchev–Trinajstić information content (AvgIpc) is 2.94. The van der Waals surface area contributed by atoms with Gasteiger partial charge in [0.1, 0.15) is 11.5 Å². The fourth-order valence-corrected chi connectivity index (χ4v) is 2.66. The molecule has 0 saturated carbocycles. The highest BCUT2D eigenvalue weighted by molar-refractivity contribution is 5.64. The number of benzene rings is 1. The number of nitrogens with zero attached hydrogens (tertiary/aromatic N) is 3. The van der Waals surface area contributed by atoms with Crippen molar-refractivity contribution in [2.45, 2.75) is 19.9 Å². The first kappa shape index (κ1) is 14.5. The highest BCUT2D eigenvalue weighted by Gasteiger charge is 2.12. The lowest BCUT2D eigenvalue weighted by molar-refractivity contribution is 0.628. The number of hydrogen-bond donors (Lipinski definition) is 1. The molecule has 2 N–H and O–H groups in total. The molecule has 2 aromatic heterocycles. The van der Waals surface area contributed by atoms with E-state index in [0.717, 1.165) is 5.69 Å². The molecule has 0 saturated heterocycles. The van der Waals surface area contributed by atoms with E-state index in [1.807, 2.05) is 11.5 Å². The van der Waals surface area contributed by atoms with E-state index in [4.69, 9.17) is 5.73 Å². The predicted octanol–water partition coefficient (Wildman–Crippen LogP) is 1.82. The van der Waals surface area contributed by atoms with Crippen LogP contribution in [-0.2, 0) is 13.0 Å². The van der Waals surface area contributed by atoms with E-state index in [1.165, 1.54) is 16.6 Å². The summed E-state index contributed by atoms with van der Waals surface area (Å²) < 4.78 is 16.7. The van der Waals surface area contributed by atoms with Crippen molar-refractivity contribution in [3.8, 4) is 11.3 Å². The molecule has 0 aliphatic rings. The Morgan fingerprint density at radius 3 is 2.77 bits per heavy atom. The third-order valence-corrected chi connectivity index (χ3v) is 3.65. The zero-order chi connectivity index (χ0) is 15.7. The maximum atomic E-state index is 13.4. The lowest BCUT2D eigenvalue weighted by Crippen LogP contribution is -2.22. The average molecular weight is 300 g/mol. The molecule has 6 heteroatoms. The van der Waals surface area contributed by atoms with Gasteiger partial charge in [0.05, 0.1) is 5.69 Å². The van der Waals surface area contributed by atoms with Gasteiger partial charge in [0.2, 0.25) is 0 Å². The number of aromatic nitrogens is 3. The van der Waals surface area contributed by atoms with Crippen LogP contribution in [0.3, 0.4) is 0 Å². The maximum Gasteiger partial charge on any atom is 0.274 e. The Morgan fingerprint density at radius 1 is 1.27 bits per heavy atom. The Bertz CT molecular complexity index is 881. The Kier molecular flexibility index (Phi) is 3.77. The van der Waals surface area contributed by atoms with Crippen molar-refractivity contribution in [1.29, 1.82) is 0 Å². The van der Waals surface area contributed by atoms with Crippen LogP contribution >= 0.6 is 0 Å². The van der Waals surface area contributed by atoms with Crippen LogP contribution in [0.5, 0.6) is 0 Å². The third-order valence-electron chi connectivity index (χ3n) is 3.65. The fraction of sp³-hybridized carbons (Fsp3) is 0.250. The molecule has 22 heavy (non-hydrogen) atoms. The van der Waals surface area contributed by atoms with Crippen LogP contribution in [0.4, 0.5) is 4.39 Å². The van der Waals surface area contributed by atoms with Crippen molar-refractivity contribution >= 4 is 5.65 Å². The lowest BCUT2D eigenvalue weighted by atomic mass is 10.1. The van der Waals surface area contributed by atoms with E-state index < -0.39 is 0 Å². The van der Waals surface area contributed by atoms with Gasteiger partial charge in [0.15, 0.2) is 0 Å². The molecule has 0 aliphatic carbocycles. The van der Waals surface area contributed by atoms with Crippen LogP contribution in [0.2, 0.25) is 0 Å². The summed E-state index contributed by atoms with van der Waals surface area (Å²) in [6.45, 7) is 3.17. The lowest BCUT2D eigenvalue weighted by Gasteiger charge is -2.12. The first-order valence-corrected chi connectivity index (χ1v) is 7.22. The first-order valence-electron chi connectivity index (χ1n) is 7.22. The second kappa shape index (κ2) is 5.73. The fourth-order valence-electron chi connectivity index (χ4n) is 2.66. The van der Waals surface area contributed by atoms with Crippen molar-refractivity contribution < 1.29 is 4.39 Å². The number of hydrogen-bond acceptors (Lipinski definition) is 3. The van der Waals surface area contributed by atoms with Crippen LogP contribution in [-0.4, -0.2) is 20.7 Å². The van der Waals surface area contributed by atoms with Crippen LogP contribution in [0.25, 0.3) is 16.9 Å². The van der Waals surface area contributed by atoms with Crippen molar-refractivity contribution in [2.24, 2.45) is 5.73 Å². The molecule has 114 valence electrons. The zero-order valence-corrected chi connectivity index (χ0v) is 12.3. The molecule has 0 radical (unpaired) electrons. The molecule has 0 amide bonds. The van der Waals surface area contributed by atoms with Gasteiger partial charge >= 0.3 is 0 Å². The quantitative estimate of drug-likeness (QED) is 0.799. The number of fused-ring (bicyclic) bond motifs is 1. The number of halogens is 1. The van der Waals surface area contributed by atoms with Gasteiger partial charge in [-0.2, -0.15) is 9.61 Å². The minimum Gasteiger partial charge on any atom is -0.330 e. The molecule has 0 unspecified atom stereocenters. The van der Waals surface area contributed by atoms with Gasteiger partial charge in [0, 0.05) is 36.4 Å². The van der Waals surface area contributed by atoms with Gasteiger partial charge in [-0.3, -0.25) is 4.79 Å². The van der Waals surface area contributed by atoms with Gasteiger partial charge in [0.25, 0.3) is 5.56 Å². The smallest absolute Gasteiger partial charge is 0.274 e. The van der Waals surface area contributed by atoms with Crippen molar-refractivity contribution in [3.63, 3.8) is 0 Å². The Hall–Kier alpha value is -2.47. The maximum absolute atomic E-state index is 13.4. The summed E-state index contributed by atoms with van der Waals surface area (Å²) in [5.74, 6) is -0.330. The van der Waals surface area contributed by atoms with Crippen molar-refractivity contribution in [1.82, 2.24) is 14.2 Å². The molecule has 0 spiro atoms. The normalized spacial score (nSPS) is 11.2. The van der Waals surface area contributed by atoms with Crippen LogP contribution in [0.15, 0.2) is 41.2 Å².